The largest absolute Gasteiger partial charge is 0.328 e. The third kappa shape index (κ3) is 3.82. The first-order chi connectivity index (χ1) is 13.9. The molecule has 1 saturated heterocycles. The van der Waals surface area contributed by atoms with Crippen molar-refractivity contribution in [1.82, 2.24) is 19.7 Å². The van der Waals surface area contributed by atoms with Crippen molar-refractivity contribution >= 4 is 28.5 Å². The van der Waals surface area contributed by atoms with Gasteiger partial charge in [-0.3, -0.25) is 14.4 Å². The monoisotopic (exact) mass is 396 g/mol. The lowest BCUT2D eigenvalue weighted by atomic mass is 9.99. The van der Waals surface area contributed by atoms with Gasteiger partial charge in [0.1, 0.15) is 12.2 Å². The highest BCUT2D eigenvalue weighted by Crippen LogP contribution is 2.48. The third-order valence-corrected chi connectivity index (χ3v) is 6.09. The molecule has 0 spiro atoms. The van der Waals surface area contributed by atoms with Gasteiger partial charge in [-0.25, -0.2) is 9.67 Å². The number of carbonyl (C=O) groups is 3. The van der Waals surface area contributed by atoms with E-state index in [0.29, 0.717) is 35.0 Å². The fourth-order valence-corrected chi connectivity index (χ4v) is 4.54. The Morgan fingerprint density at radius 1 is 1.24 bits per heavy atom. The van der Waals surface area contributed by atoms with Gasteiger partial charge in [0.15, 0.2) is 17.2 Å². The number of pyridine rings is 1. The van der Waals surface area contributed by atoms with Crippen LogP contribution in [0.5, 0.6) is 0 Å². The summed E-state index contributed by atoms with van der Waals surface area (Å²) in [6, 6.07) is 3.43. The van der Waals surface area contributed by atoms with E-state index < -0.39 is 0 Å². The Hall–Kier alpha value is -2.57. The molecule has 4 rings (SSSR count). The van der Waals surface area contributed by atoms with Gasteiger partial charge < -0.3 is 4.90 Å². The SMILES string of the molecule is CC(=O)c1nn(CC(=O)N2[C@@H]3C[C@@H]3C[C@H]2C(=O)CCCC(C)C)c2ncccc12. The summed E-state index contributed by atoms with van der Waals surface area (Å²) in [6.07, 6.45) is 5.83. The van der Waals surface area contributed by atoms with Crippen LogP contribution < -0.4 is 0 Å². The average molecular weight is 396 g/mol. The van der Waals surface area contributed by atoms with Crippen LogP contribution in [0.25, 0.3) is 11.0 Å². The van der Waals surface area contributed by atoms with Gasteiger partial charge in [0.05, 0.1) is 11.4 Å². The average Bonchev–Trinajstić information content (AvgIpc) is 3.17. The van der Waals surface area contributed by atoms with E-state index in [9.17, 15) is 14.4 Å². The number of hydrogen-bond donors (Lipinski definition) is 0. The molecule has 29 heavy (non-hydrogen) atoms. The number of aromatic nitrogens is 3. The normalized spacial score (nSPS) is 22.9. The summed E-state index contributed by atoms with van der Waals surface area (Å²) in [4.78, 5) is 44.0. The van der Waals surface area contributed by atoms with Crippen molar-refractivity contribution in [2.24, 2.45) is 11.8 Å². The van der Waals surface area contributed by atoms with Gasteiger partial charge in [-0.05, 0) is 43.2 Å². The zero-order valence-electron chi connectivity index (χ0n) is 17.3. The smallest absolute Gasteiger partial charge is 0.245 e. The van der Waals surface area contributed by atoms with E-state index in [1.54, 1.807) is 23.2 Å². The highest BCUT2D eigenvalue weighted by atomic mass is 16.2. The van der Waals surface area contributed by atoms with Crippen molar-refractivity contribution in [2.45, 2.75) is 71.5 Å². The Morgan fingerprint density at radius 3 is 2.76 bits per heavy atom. The van der Waals surface area contributed by atoms with Crippen LogP contribution in [-0.2, 0) is 16.1 Å². The summed E-state index contributed by atoms with van der Waals surface area (Å²) in [5, 5.41) is 5.00. The highest BCUT2D eigenvalue weighted by Gasteiger charge is 2.55. The molecule has 3 atom stereocenters. The number of fused-ring (bicyclic) bond motifs is 2. The molecule has 7 heteroatoms. The second-order valence-corrected chi connectivity index (χ2v) is 8.81. The van der Waals surface area contributed by atoms with E-state index >= 15 is 0 Å². The van der Waals surface area contributed by atoms with E-state index in [1.165, 1.54) is 11.6 Å². The molecule has 154 valence electrons. The van der Waals surface area contributed by atoms with E-state index in [1.807, 2.05) is 0 Å². The summed E-state index contributed by atoms with van der Waals surface area (Å²) in [5.74, 6) is 0.948. The van der Waals surface area contributed by atoms with Crippen LogP contribution in [0, 0.1) is 11.8 Å². The Bertz CT molecular complexity index is 964. The molecule has 0 aromatic carbocycles. The molecule has 0 N–H and O–H groups in total. The standard InChI is InChI=1S/C22H28N4O3/c1-13(2)6-4-8-19(28)18-11-15-10-17(15)26(18)20(29)12-25-22-16(7-5-9-23-22)21(24-25)14(3)27/h5,7,9,13,15,17-18H,4,6,8,10-12H2,1-3H3/t15-,17-,18+/m1/s1. The van der Waals surface area contributed by atoms with Crippen molar-refractivity contribution in [3.8, 4) is 0 Å². The third-order valence-electron chi connectivity index (χ3n) is 6.09. The summed E-state index contributed by atoms with van der Waals surface area (Å²) < 4.78 is 1.50. The second kappa shape index (κ2) is 7.69. The number of nitrogens with zero attached hydrogens (tertiary/aromatic N) is 4. The molecule has 1 aliphatic heterocycles. The van der Waals surface area contributed by atoms with Gasteiger partial charge in [0.2, 0.25) is 5.91 Å². The van der Waals surface area contributed by atoms with Crippen molar-refractivity contribution in [3.05, 3.63) is 24.0 Å². The van der Waals surface area contributed by atoms with Gasteiger partial charge in [0.25, 0.3) is 0 Å². The first-order valence-corrected chi connectivity index (χ1v) is 10.5. The maximum absolute atomic E-state index is 13.2. The molecule has 0 unspecified atom stereocenters. The number of piperidine rings is 1. The van der Waals surface area contributed by atoms with Crippen LogP contribution in [0.2, 0.25) is 0 Å². The van der Waals surface area contributed by atoms with E-state index in [4.69, 9.17) is 0 Å². The minimum absolute atomic E-state index is 0.000211. The van der Waals surface area contributed by atoms with Gasteiger partial charge in [0, 0.05) is 25.6 Å². The Kier molecular flexibility index (Phi) is 5.23. The van der Waals surface area contributed by atoms with Gasteiger partial charge >= 0.3 is 0 Å². The molecule has 1 saturated carbocycles. The van der Waals surface area contributed by atoms with Crippen LogP contribution >= 0.6 is 0 Å². The predicted octanol–water partition coefficient (Wildman–Crippen LogP) is 3.02. The number of rotatable bonds is 8. The summed E-state index contributed by atoms with van der Waals surface area (Å²) >= 11 is 0. The minimum Gasteiger partial charge on any atom is -0.328 e. The molecule has 2 aromatic heterocycles. The van der Waals surface area contributed by atoms with Gasteiger partial charge in [-0.2, -0.15) is 5.10 Å². The van der Waals surface area contributed by atoms with Gasteiger partial charge in [-0.1, -0.05) is 20.3 Å². The Morgan fingerprint density at radius 2 is 2.03 bits per heavy atom. The first kappa shape index (κ1) is 19.7. The number of likely N-dealkylation sites (tertiary alicyclic amines) is 1. The quantitative estimate of drug-likeness (QED) is 0.640. The molecule has 2 aliphatic rings. The highest BCUT2D eigenvalue weighted by molar-refractivity contribution is 6.04. The van der Waals surface area contributed by atoms with Crippen molar-refractivity contribution in [3.63, 3.8) is 0 Å². The second-order valence-electron chi connectivity index (χ2n) is 8.81. The molecular weight excluding hydrogens is 368 g/mol. The Balaban J connectivity index is 1.51. The van der Waals surface area contributed by atoms with Gasteiger partial charge in [-0.15, -0.1) is 0 Å². The maximum Gasteiger partial charge on any atom is 0.245 e. The molecule has 0 radical (unpaired) electrons. The van der Waals surface area contributed by atoms with Crippen molar-refractivity contribution in [2.75, 3.05) is 0 Å². The Labute approximate surface area is 170 Å². The van der Waals surface area contributed by atoms with Crippen LogP contribution in [0.3, 0.4) is 0 Å². The van der Waals surface area contributed by atoms with Crippen LogP contribution in [0.15, 0.2) is 18.3 Å². The molecule has 0 bridgehead atoms. The van der Waals surface area contributed by atoms with Crippen LogP contribution in [0.4, 0.5) is 0 Å². The summed E-state index contributed by atoms with van der Waals surface area (Å²) in [7, 11) is 0. The number of carbonyl (C=O) groups excluding carboxylic acids is 3. The molecule has 1 amide bonds. The molecule has 2 fully saturated rings. The number of amides is 1. The van der Waals surface area contributed by atoms with E-state index in [-0.39, 0.29) is 36.1 Å². The maximum atomic E-state index is 13.2. The van der Waals surface area contributed by atoms with Crippen LogP contribution in [-0.4, -0.2) is 49.2 Å². The molecule has 3 heterocycles. The fraction of sp³-hybridized carbons (Fsp3) is 0.591. The molecule has 1 aliphatic carbocycles. The fourth-order valence-electron chi connectivity index (χ4n) is 4.54. The lowest BCUT2D eigenvalue weighted by molar-refractivity contribution is -0.139. The zero-order valence-corrected chi connectivity index (χ0v) is 17.3. The lowest BCUT2D eigenvalue weighted by Crippen LogP contribution is -2.44. The van der Waals surface area contributed by atoms with E-state index in [2.05, 4.69) is 23.9 Å². The first-order valence-electron chi connectivity index (χ1n) is 10.5. The van der Waals surface area contributed by atoms with Crippen LogP contribution in [0.1, 0.15) is 63.4 Å². The predicted molar refractivity (Wildman–Crippen MR) is 108 cm³/mol. The van der Waals surface area contributed by atoms with Crippen molar-refractivity contribution < 1.29 is 14.4 Å². The summed E-state index contributed by atoms with van der Waals surface area (Å²) in [6.45, 7) is 5.77. The lowest BCUT2D eigenvalue weighted by Gasteiger charge is -2.27. The molecular formula is C22H28N4O3. The molecule has 7 nitrogen and oxygen atoms in total. The van der Waals surface area contributed by atoms with Crippen molar-refractivity contribution in [1.29, 1.82) is 0 Å². The zero-order chi connectivity index (χ0) is 20.7. The van der Waals surface area contributed by atoms with E-state index in [0.717, 1.165) is 25.7 Å². The molecule has 2 aromatic rings. The summed E-state index contributed by atoms with van der Waals surface area (Å²) in [5.41, 5.74) is 0.852. The minimum atomic E-state index is -0.305. The number of hydrogen-bond acceptors (Lipinski definition) is 5. The number of ketones is 2. The topological polar surface area (TPSA) is 85.2 Å². The number of Topliss-reactive ketones (excluding diaryl/α,β-unsaturated/α-hetero) is 2.